The fourth-order valence-electron chi connectivity index (χ4n) is 2.76. The van der Waals surface area contributed by atoms with Gasteiger partial charge in [-0.25, -0.2) is 0 Å². The normalized spacial score (nSPS) is 45.0. The van der Waals surface area contributed by atoms with Gasteiger partial charge in [0.1, 0.15) is 18.2 Å². The highest BCUT2D eigenvalue weighted by Gasteiger charge is 2.55. The van der Waals surface area contributed by atoms with Crippen molar-refractivity contribution in [2.24, 2.45) is 0 Å². The zero-order valence-electron chi connectivity index (χ0n) is 10.2. The van der Waals surface area contributed by atoms with Gasteiger partial charge in [-0.3, -0.25) is 9.63 Å². The van der Waals surface area contributed by atoms with Crippen molar-refractivity contribution in [2.45, 2.75) is 50.4 Å². The van der Waals surface area contributed by atoms with Crippen LogP contribution in [-0.2, 0) is 23.8 Å². The van der Waals surface area contributed by atoms with Gasteiger partial charge >= 0.3 is 5.97 Å². The Morgan fingerprint density at radius 3 is 2.76 bits per heavy atom. The lowest BCUT2D eigenvalue weighted by Gasteiger charge is -2.26. The van der Waals surface area contributed by atoms with Crippen molar-refractivity contribution in [3.63, 3.8) is 0 Å². The van der Waals surface area contributed by atoms with Gasteiger partial charge in [0.2, 0.25) is 0 Å². The summed E-state index contributed by atoms with van der Waals surface area (Å²) >= 11 is 0. The first-order valence-corrected chi connectivity index (χ1v) is 5.87. The van der Waals surface area contributed by atoms with Crippen molar-refractivity contribution in [3.8, 4) is 0 Å². The second-order valence-corrected chi connectivity index (χ2v) is 5.21. The molecule has 0 saturated carbocycles. The Balaban J connectivity index is 1.76. The summed E-state index contributed by atoms with van der Waals surface area (Å²) in [6.45, 7) is 4.24. The van der Waals surface area contributed by atoms with Crippen LogP contribution in [0.2, 0.25) is 0 Å². The summed E-state index contributed by atoms with van der Waals surface area (Å²) in [6.07, 6.45) is -0.224. The Bertz CT molecular complexity index is 345. The van der Waals surface area contributed by atoms with Crippen molar-refractivity contribution in [1.29, 1.82) is 0 Å². The summed E-state index contributed by atoms with van der Waals surface area (Å²) in [5.41, 5.74) is 0. The maximum Gasteiger partial charge on any atom is 0.309 e. The van der Waals surface area contributed by atoms with E-state index in [1.54, 1.807) is 5.06 Å². The van der Waals surface area contributed by atoms with E-state index in [1.807, 2.05) is 20.9 Å². The van der Waals surface area contributed by atoms with Crippen LogP contribution in [0, 0.1) is 0 Å². The Labute approximate surface area is 99.7 Å². The highest BCUT2D eigenvalue weighted by molar-refractivity contribution is 5.72. The molecule has 4 atom stereocenters. The number of nitrogens with zero attached hydrogens (tertiary/aromatic N) is 1. The highest BCUT2D eigenvalue weighted by Crippen LogP contribution is 2.36. The number of esters is 1. The van der Waals surface area contributed by atoms with Crippen molar-refractivity contribution in [2.75, 3.05) is 13.7 Å². The van der Waals surface area contributed by atoms with E-state index in [2.05, 4.69) is 0 Å². The van der Waals surface area contributed by atoms with Crippen LogP contribution < -0.4 is 0 Å². The molecule has 6 nitrogen and oxygen atoms in total. The van der Waals surface area contributed by atoms with E-state index in [0.29, 0.717) is 13.0 Å². The van der Waals surface area contributed by atoms with Crippen LogP contribution in [-0.4, -0.2) is 54.8 Å². The summed E-state index contributed by atoms with van der Waals surface area (Å²) in [7, 11) is 1.84. The summed E-state index contributed by atoms with van der Waals surface area (Å²) < 4.78 is 16.7. The number of carbonyl (C=O) groups is 1. The summed E-state index contributed by atoms with van der Waals surface area (Å²) in [5, 5.41) is 1.73. The molecule has 3 heterocycles. The van der Waals surface area contributed by atoms with E-state index in [0.717, 1.165) is 0 Å². The summed E-state index contributed by atoms with van der Waals surface area (Å²) in [5.74, 6) is -0.775. The third kappa shape index (κ3) is 1.85. The van der Waals surface area contributed by atoms with Gasteiger partial charge in [0.15, 0.2) is 11.9 Å². The maximum atomic E-state index is 11.3. The second kappa shape index (κ2) is 3.65. The fraction of sp³-hybridized carbons (Fsp3) is 0.909. The number of fused-ring (bicyclic) bond motifs is 1. The molecular formula is C11H17NO5. The molecule has 0 aromatic heterocycles. The van der Waals surface area contributed by atoms with Crippen LogP contribution in [0.25, 0.3) is 0 Å². The average molecular weight is 243 g/mol. The predicted molar refractivity (Wildman–Crippen MR) is 55.8 cm³/mol. The molecular weight excluding hydrogens is 226 g/mol. The molecule has 0 amide bonds. The average Bonchev–Trinajstić information content (AvgIpc) is 2.78. The molecule has 3 aliphatic rings. The van der Waals surface area contributed by atoms with Crippen molar-refractivity contribution in [1.82, 2.24) is 5.06 Å². The molecule has 3 saturated heterocycles. The van der Waals surface area contributed by atoms with Gasteiger partial charge in [-0.15, -0.1) is 0 Å². The van der Waals surface area contributed by atoms with Crippen LogP contribution in [0.4, 0.5) is 0 Å². The van der Waals surface area contributed by atoms with Crippen LogP contribution >= 0.6 is 0 Å². The molecule has 0 aromatic carbocycles. The monoisotopic (exact) mass is 243 g/mol. The number of ether oxygens (including phenoxy) is 3. The number of hydroxylamine groups is 2. The standard InChI is InChI=1S/C11H17NO5/c1-11(2)14-5-7(16-11)9-10-6(17-12(9)3)4-8(13)15-10/h6-7,9-10H,4-5H2,1-3H3/t6-,7-,9-,10+/m1/s1. The van der Waals surface area contributed by atoms with E-state index in [4.69, 9.17) is 19.0 Å². The minimum Gasteiger partial charge on any atom is -0.458 e. The van der Waals surface area contributed by atoms with E-state index in [-0.39, 0.29) is 30.3 Å². The van der Waals surface area contributed by atoms with Gasteiger partial charge in [0.25, 0.3) is 0 Å². The number of carbonyl (C=O) groups excluding carboxylic acids is 1. The molecule has 0 spiro atoms. The molecule has 3 aliphatic heterocycles. The number of hydrogen-bond acceptors (Lipinski definition) is 6. The Kier molecular flexibility index (Phi) is 2.45. The van der Waals surface area contributed by atoms with Gasteiger partial charge in [-0.2, -0.15) is 5.06 Å². The molecule has 96 valence electrons. The van der Waals surface area contributed by atoms with E-state index < -0.39 is 5.79 Å². The Morgan fingerprint density at radius 2 is 2.12 bits per heavy atom. The Hall–Kier alpha value is -0.690. The lowest BCUT2D eigenvalue weighted by molar-refractivity contribution is -0.183. The fourth-order valence-corrected chi connectivity index (χ4v) is 2.76. The molecule has 0 bridgehead atoms. The van der Waals surface area contributed by atoms with Gasteiger partial charge in [0.05, 0.1) is 13.0 Å². The third-order valence-electron chi connectivity index (χ3n) is 3.47. The first-order valence-electron chi connectivity index (χ1n) is 5.87. The van der Waals surface area contributed by atoms with Crippen LogP contribution in [0.15, 0.2) is 0 Å². The molecule has 17 heavy (non-hydrogen) atoms. The quantitative estimate of drug-likeness (QED) is 0.607. The molecule has 0 radical (unpaired) electrons. The molecule has 0 unspecified atom stereocenters. The highest BCUT2D eigenvalue weighted by atomic mass is 16.8. The minimum absolute atomic E-state index is 0.0896. The SMILES string of the molecule is CN1O[C@@H]2CC(=O)O[C@@H]2[C@H]1[C@H]1COC(C)(C)O1. The Morgan fingerprint density at radius 1 is 1.35 bits per heavy atom. The summed E-state index contributed by atoms with van der Waals surface area (Å²) in [4.78, 5) is 16.9. The van der Waals surface area contributed by atoms with Gasteiger partial charge in [-0.1, -0.05) is 0 Å². The maximum absolute atomic E-state index is 11.3. The molecule has 0 N–H and O–H groups in total. The lowest BCUT2D eigenvalue weighted by Crippen LogP contribution is -2.45. The third-order valence-corrected chi connectivity index (χ3v) is 3.47. The number of rotatable bonds is 1. The molecule has 6 heteroatoms. The van der Waals surface area contributed by atoms with Crippen molar-refractivity contribution >= 4 is 5.97 Å². The van der Waals surface area contributed by atoms with Crippen molar-refractivity contribution in [3.05, 3.63) is 0 Å². The zero-order valence-corrected chi connectivity index (χ0v) is 10.2. The second-order valence-electron chi connectivity index (χ2n) is 5.21. The molecule has 3 fully saturated rings. The van der Waals surface area contributed by atoms with Gasteiger partial charge in [-0.05, 0) is 13.8 Å². The largest absolute Gasteiger partial charge is 0.458 e. The number of hydrogen-bond donors (Lipinski definition) is 0. The van der Waals surface area contributed by atoms with Crippen LogP contribution in [0.3, 0.4) is 0 Å². The van der Waals surface area contributed by atoms with E-state index in [1.165, 1.54) is 0 Å². The first kappa shape index (κ1) is 11.4. The molecule has 3 rings (SSSR count). The van der Waals surface area contributed by atoms with Crippen LogP contribution in [0.1, 0.15) is 20.3 Å². The topological polar surface area (TPSA) is 57.2 Å². The van der Waals surface area contributed by atoms with E-state index in [9.17, 15) is 4.79 Å². The zero-order chi connectivity index (χ0) is 12.2. The lowest BCUT2D eigenvalue weighted by atomic mass is 10.0. The molecule has 0 aliphatic carbocycles. The van der Waals surface area contributed by atoms with Crippen molar-refractivity contribution < 1.29 is 23.8 Å². The summed E-state index contributed by atoms with van der Waals surface area (Å²) in [6, 6.07) is -0.0896. The smallest absolute Gasteiger partial charge is 0.309 e. The predicted octanol–water partition coefficient (Wildman–Crippen LogP) is 0.0676. The van der Waals surface area contributed by atoms with Crippen LogP contribution in [0.5, 0.6) is 0 Å². The van der Waals surface area contributed by atoms with Gasteiger partial charge in [0, 0.05) is 7.05 Å². The minimum atomic E-state index is -0.577. The van der Waals surface area contributed by atoms with E-state index >= 15 is 0 Å². The first-order chi connectivity index (χ1) is 7.96. The number of likely N-dealkylation sites (N-methyl/N-ethyl adjacent to an activating group) is 1. The molecule has 0 aromatic rings. The van der Waals surface area contributed by atoms with Gasteiger partial charge < -0.3 is 14.2 Å².